The van der Waals surface area contributed by atoms with E-state index in [0.717, 1.165) is 16.7 Å². The van der Waals surface area contributed by atoms with Crippen LogP contribution in [0.2, 0.25) is 0 Å². The van der Waals surface area contributed by atoms with Gasteiger partial charge in [-0.3, -0.25) is 0 Å². The van der Waals surface area contributed by atoms with Crippen LogP contribution in [0.25, 0.3) is 0 Å². The average molecular weight is 154 g/mol. The van der Waals surface area contributed by atoms with Gasteiger partial charge in [0.1, 0.15) is 0 Å². The van der Waals surface area contributed by atoms with Crippen molar-refractivity contribution in [1.82, 2.24) is 0 Å². The van der Waals surface area contributed by atoms with Crippen LogP contribution >= 0.6 is 0 Å². The smallest absolute Gasteiger partial charge is 0.0430 e. The third kappa shape index (κ3) is 1.20. The summed E-state index contributed by atoms with van der Waals surface area (Å²) in [7, 11) is 0. The van der Waals surface area contributed by atoms with Crippen LogP contribution in [0, 0.1) is 38.5 Å². The lowest BCUT2D eigenvalue weighted by Gasteiger charge is -2.04. The zero-order chi connectivity index (χ0) is 9.14. The van der Waals surface area contributed by atoms with E-state index in [1.54, 1.807) is 0 Å². The SMILES string of the molecule is C#Cc1ccc(C)c(C)c1C#C. The normalized spacial score (nSPS) is 8.67. The summed E-state index contributed by atoms with van der Waals surface area (Å²) in [6.45, 7) is 4.02. The molecule has 1 aromatic carbocycles. The highest BCUT2D eigenvalue weighted by atomic mass is 14.0. The number of rotatable bonds is 0. The minimum Gasteiger partial charge on any atom is -0.115 e. The first-order valence-electron chi connectivity index (χ1n) is 3.74. The van der Waals surface area contributed by atoms with Crippen molar-refractivity contribution < 1.29 is 0 Å². The molecule has 0 saturated heterocycles. The summed E-state index contributed by atoms with van der Waals surface area (Å²) in [4.78, 5) is 0. The molecule has 0 aliphatic carbocycles. The molecule has 0 spiro atoms. The first kappa shape index (κ1) is 8.44. The van der Waals surface area contributed by atoms with E-state index in [0.29, 0.717) is 0 Å². The van der Waals surface area contributed by atoms with E-state index < -0.39 is 0 Å². The monoisotopic (exact) mass is 154 g/mol. The summed E-state index contributed by atoms with van der Waals surface area (Å²) in [5, 5.41) is 0. The molecule has 0 radical (unpaired) electrons. The van der Waals surface area contributed by atoms with Crippen molar-refractivity contribution in [2.24, 2.45) is 0 Å². The van der Waals surface area contributed by atoms with Crippen molar-refractivity contribution in [1.29, 1.82) is 0 Å². The first-order chi connectivity index (χ1) is 5.70. The second kappa shape index (κ2) is 3.16. The second-order valence-corrected chi connectivity index (χ2v) is 2.72. The number of hydrogen-bond donors (Lipinski definition) is 0. The molecular weight excluding hydrogens is 144 g/mol. The highest BCUT2D eigenvalue weighted by Gasteiger charge is 2.02. The molecule has 0 fully saturated rings. The van der Waals surface area contributed by atoms with Gasteiger partial charge < -0.3 is 0 Å². The average Bonchev–Trinajstić information content (AvgIpc) is 2.09. The summed E-state index contributed by atoms with van der Waals surface area (Å²) < 4.78 is 0. The lowest BCUT2D eigenvalue weighted by Crippen LogP contribution is -1.91. The molecule has 0 heteroatoms. The predicted molar refractivity (Wildman–Crippen MR) is 51.8 cm³/mol. The maximum absolute atomic E-state index is 5.35. The maximum Gasteiger partial charge on any atom is 0.0430 e. The fourth-order valence-electron chi connectivity index (χ4n) is 1.12. The Kier molecular flexibility index (Phi) is 2.22. The molecule has 0 amide bonds. The van der Waals surface area contributed by atoms with Crippen LogP contribution in [0.4, 0.5) is 0 Å². The minimum absolute atomic E-state index is 0.806. The third-order valence-electron chi connectivity index (χ3n) is 2.04. The Morgan fingerprint density at radius 1 is 1.08 bits per heavy atom. The highest BCUT2D eigenvalue weighted by Crippen LogP contribution is 2.15. The lowest BCUT2D eigenvalue weighted by molar-refractivity contribution is 1.31. The highest BCUT2D eigenvalue weighted by molar-refractivity contribution is 5.54. The molecule has 0 unspecified atom stereocenters. The Morgan fingerprint density at radius 3 is 2.25 bits per heavy atom. The summed E-state index contributed by atoms with van der Waals surface area (Å²) in [5.74, 6) is 5.19. The van der Waals surface area contributed by atoms with E-state index in [4.69, 9.17) is 12.8 Å². The Labute approximate surface area is 73.6 Å². The summed E-state index contributed by atoms with van der Waals surface area (Å²) in [5.41, 5.74) is 3.94. The molecule has 0 aliphatic rings. The van der Waals surface area contributed by atoms with Gasteiger partial charge in [0.2, 0.25) is 0 Å². The molecule has 58 valence electrons. The zero-order valence-corrected chi connectivity index (χ0v) is 7.31. The predicted octanol–water partition coefficient (Wildman–Crippen LogP) is 2.27. The van der Waals surface area contributed by atoms with E-state index in [9.17, 15) is 0 Å². The molecule has 0 bridgehead atoms. The van der Waals surface area contributed by atoms with Crippen molar-refractivity contribution in [2.45, 2.75) is 13.8 Å². The molecule has 1 aromatic rings. The number of hydrogen-bond acceptors (Lipinski definition) is 0. The van der Waals surface area contributed by atoms with Gasteiger partial charge in [-0.15, -0.1) is 12.8 Å². The molecule has 0 aromatic heterocycles. The van der Waals surface area contributed by atoms with Crippen molar-refractivity contribution in [3.05, 3.63) is 34.4 Å². The van der Waals surface area contributed by atoms with Gasteiger partial charge in [0.05, 0.1) is 0 Å². The van der Waals surface area contributed by atoms with E-state index >= 15 is 0 Å². The Balaban J connectivity index is 3.52. The van der Waals surface area contributed by atoms with Gasteiger partial charge in [0.15, 0.2) is 0 Å². The van der Waals surface area contributed by atoms with E-state index in [1.807, 2.05) is 26.0 Å². The number of benzene rings is 1. The molecule has 0 aliphatic heterocycles. The van der Waals surface area contributed by atoms with Gasteiger partial charge in [0.25, 0.3) is 0 Å². The van der Waals surface area contributed by atoms with Gasteiger partial charge in [-0.1, -0.05) is 17.9 Å². The van der Waals surface area contributed by atoms with Crippen LogP contribution in [0.5, 0.6) is 0 Å². The van der Waals surface area contributed by atoms with E-state index in [2.05, 4.69) is 11.8 Å². The van der Waals surface area contributed by atoms with Crippen LogP contribution in [-0.2, 0) is 0 Å². The van der Waals surface area contributed by atoms with Crippen molar-refractivity contribution in [2.75, 3.05) is 0 Å². The van der Waals surface area contributed by atoms with Crippen LogP contribution in [-0.4, -0.2) is 0 Å². The van der Waals surface area contributed by atoms with Crippen molar-refractivity contribution in [3.8, 4) is 24.7 Å². The molecule has 0 heterocycles. The fourth-order valence-corrected chi connectivity index (χ4v) is 1.12. The number of aryl methyl sites for hydroxylation is 1. The molecule has 0 saturated carbocycles. The maximum atomic E-state index is 5.35. The van der Waals surface area contributed by atoms with Crippen LogP contribution in [0.1, 0.15) is 22.3 Å². The van der Waals surface area contributed by atoms with Gasteiger partial charge in [0, 0.05) is 11.1 Å². The molecular formula is C12H10. The zero-order valence-electron chi connectivity index (χ0n) is 7.31. The van der Waals surface area contributed by atoms with Gasteiger partial charge in [-0.25, -0.2) is 0 Å². The van der Waals surface area contributed by atoms with Crippen LogP contribution in [0.3, 0.4) is 0 Å². The summed E-state index contributed by atoms with van der Waals surface area (Å²) in [6, 6.07) is 3.88. The Morgan fingerprint density at radius 2 is 1.75 bits per heavy atom. The second-order valence-electron chi connectivity index (χ2n) is 2.72. The van der Waals surface area contributed by atoms with Gasteiger partial charge >= 0.3 is 0 Å². The Bertz CT molecular complexity index is 384. The van der Waals surface area contributed by atoms with E-state index in [1.165, 1.54) is 5.56 Å². The number of terminal acetylenes is 2. The summed E-state index contributed by atoms with van der Waals surface area (Å²) in [6.07, 6.45) is 10.6. The Hall–Kier alpha value is -1.66. The standard InChI is InChI=1S/C12H10/c1-5-11-8-7-9(3)10(4)12(11)6-2/h1-2,7-8H,3-4H3. The van der Waals surface area contributed by atoms with Crippen molar-refractivity contribution in [3.63, 3.8) is 0 Å². The molecule has 0 N–H and O–H groups in total. The largest absolute Gasteiger partial charge is 0.115 e. The molecule has 0 atom stereocenters. The quantitative estimate of drug-likeness (QED) is 0.503. The van der Waals surface area contributed by atoms with Gasteiger partial charge in [-0.05, 0) is 31.0 Å². The van der Waals surface area contributed by atoms with Gasteiger partial charge in [-0.2, -0.15) is 0 Å². The van der Waals surface area contributed by atoms with E-state index in [-0.39, 0.29) is 0 Å². The van der Waals surface area contributed by atoms with Crippen LogP contribution < -0.4 is 0 Å². The summed E-state index contributed by atoms with van der Waals surface area (Å²) >= 11 is 0. The fraction of sp³-hybridized carbons (Fsp3) is 0.167. The molecule has 12 heavy (non-hydrogen) atoms. The molecule has 0 nitrogen and oxygen atoms in total. The first-order valence-corrected chi connectivity index (χ1v) is 3.74. The lowest BCUT2D eigenvalue weighted by atomic mass is 9.99. The topological polar surface area (TPSA) is 0 Å². The minimum atomic E-state index is 0.806. The third-order valence-corrected chi connectivity index (χ3v) is 2.04. The molecule has 1 rings (SSSR count). The van der Waals surface area contributed by atoms with Crippen molar-refractivity contribution >= 4 is 0 Å². The van der Waals surface area contributed by atoms with Crippen LogP contribution in [0.15, 0.2) is 12.1 Å².